The van der Waals surface area contributed by atoms with Gasteiger partial charge in [0.05, 0.1) is 0 Å². The number of hydrogen-bond acceptors (Lipinski definition) is 0. The molecule has 0 nitrogen and oxygen atoms in total. The Morgan fingerprint density at radius 1 is 1.27 bits per heavy atom. The van der Waals surface area contributed by atoms with E-state index in [1.165, 1.54) is 0 Å². The van der Waals surface area contributed by atoms with E-state index in [1.807, 2.05) is 13.8 Å². The summed E-state index contributed by atoms with van der Waals surface area (Å²) >= 11 is 0. The average Bonchev–Trinajstić information content (AvgIpc) is 2.35. The van der Waals surface area contributed by atoms with Crippen LogP contribution in [0.25, 0.3) is 0 Å². The van der Waals surface area contributed by atoms with E-state index in [0.29, 0.717) is 6.42 Å². The number of halogens is 3. The van der Waals surface area contributed by atoms with Gasteiger partial charge in [0.1, 0.15) is 0 Å². The van der Waals surface area contributed by atoms with Gasteiger partial charge in [-0.15, -0.1) is 0 Å². The Hall–Kier alpha value is 1.49. The topological polar surface area (TPSA) is 0 Å². The van der Waals surface area contributed by atoms with E-state index in [1.54, 1.807) is 0 Å². The first-order valence-corrected chi connectivity index (χ1v) is 3.63. The van der Waals surface area contributed by atoms with Crippen LogP contribution in [-0.2, 0) is 0 Å². The minimum Gasteiger partial charge on any atom is -0.449 e. The SMILES string of the molecule is CC(C)[C@@H]1C[C@H]1[B-](F)(F)F.[K+]. The molecule has 0 amide bonds. The zero-order valence-electron chi connectivity index (χ0n) is 7.15. The zero-order valence-corrected chi connectivity index (χ0v) is 10.3. The van der Waals surface area contributed by atoms with E-state index in [-0.39, 0.29) is 63.2 Å². The van der Waals surface area contributed by atoms with Crippen molar-refractivity contribution in [3.05, 3.63) is 0 Å². The van der Waals surface area contributed by atoms with Gasteiger partial charge in [-0.1, -0.05) is 32.0 Å². The fourth-order valence-electron chi connectivity index (χ4n) is 1.44. The molecule has 0 spiro atoms. The molecule has 0 radical (unpaired) electrons. The largest absolute Gasteiger partial charge is 1.00 e. The molecule has 0 unspecified atom stereocenters. The van der Waals surface area contributed by atoms with Crippen LogP contribution in [0.2, 0.25) is 5.82 Å². The second kappa shape index (κ2) is 4.13. The van der Waals surface area contributed by atoms with Crippen LogP contribution in [0.1, 0.15) is 20.3 Å². The fraction of sp³-hybridized carbons (Fsp3) is 1.00. The van der Waals surface area contributed by atoms with Crippen LogP contribution >= 0.6 is 0 Å². The normalized spacial score (nSPS) is 30.0. The average molecular weight is 190 g/mol. The number of hydrogen-bond donors (Lipinski definition) is 0. The summed E-state index contributed by atoms with van der Waals surface area (Å²) in [5.74, 6) is -0.798. The maximum atomic E-state index is 11.9. The monoisotopic (exact) mass is 190 g/mol. The van der Waals surface area contributed by atoms with Crippen molar-refractivity contribution in [2.24, 2.45) is 11.8 Å². The fourth-order valence-corrected chi connectivity index (χ4v) is 1.44. The maximum absolute atomic E-state index is 11.9. The van der Waals surface area contributed by atoms with Crippen LogP contribution in [0.4, 0.5) is 12.9 Å². The molecule has 60 valence electrons. The zero-order chi connectivity index (χ0) is 7.94. The van der Waals surface area contributed by atoms with E-state index in [9.17, 15) is 12.9 Å². The molecule has 2 atom stereocenters. The van der Waals surface area contributed by atoms with E-state index >= 15 is 0 Å². The second-order valence-electron chi connectivity index (χ2n) is 3.43. The standard InChI is InChI=1S/C6H11BF3.K/c1-4(2)5-3-6(5)7(8,9)10;/h4-6H,3H2,1-2H3;/q-1;+1/t5-,6+;/m0./s1. The summed E-state index contributed by atoms with van der Waals surface area (Å²) in [4.78, 5) is 0. The Labute approximate surface area is 108 Å². The summed E-state index contributed by atoms with van der Waals surface area (Å²) in [6, 6.07) is 0. The third kappa shape index (κ3) is 3.38. The van der Waals surface area contributed by atoms with E-state index < -0.39 is 12.8 Å². The smallest absolute Gasteiger partial charge is 0.449 e. The molecule has 11 heavy (non-hydrogen) atoms. The summed E-state index contributed by atoms with van der Waals surface area (Å²) in [7, 11) is 0. The molecule has 0 heterocycles. The van der Waals surface area contributed by atoms with Gasteiger partial charge in [0.2, 0.25) is 0 Å². The molecular weight excluding hydrogens is 179 g/mol. The second-order valence-corrected chi connectivity index (χ2v) is 3.43. The van der Waals surface area contributed by atoms with Crippen LogP contribution in [0.15, 0.2) is 0 Å². The van der Waals surface area contributed by atoms with E-state index in [2.05, 4.69) is 0 Å². The van der Waals surface area contributed by atoms with Crippen molar-refractivity contribution in [3.8, 4) is 0 Å². The molecule has 0 saturated heterocycles. The van der Waals surface area contributed by atoms with Crippen LogP contribution in [0.5, 0.6) is 0 Å². The third-order valence-electron chi connectivity index (χ3n) is 2.23. The molecular formula is C6H11BF3K. The molecule has 1 aliphatic rings. The van der Waals surface area contributed by atoms with Crippen LogP contribution in [0.3, 0.4) is 0 Å². The Morgan fingerprint density at radius 2 is 1.73 bits per heavy atom. The van der Waals surface area contributed by atoms with Gasteiger partial charge in [-0.05, 0) is 5.92 Å². The molecule has 0 N–H and O–H groups in total. The Bertz CT molecular complexity index is 134. The first kappa shape index (κ1) is 12.5. The van der Waals surface area contributed by atoms with Crippen LogP contribution in [0, 0.1) is 11.8 Å². The summed E-state index contributed by atoms with van der Waals surface area (Å²) < 4.78 is 35.7. The van der Waals surface area contributed by atoms with Gasteiger partial charge in [-0.3, -0.25) is 0 Å². The molecule has 1 fully saturated rings. The molecule has 1 aliphatic carbocycles. The summed E-state index contributed by atoms with van der Waals surface area (Å²) in [6.45, 7) is -0.819. The minimum atomic E-state index is -4.53. The van der Waals surface area contributed by atoms with Crippen molar-refractivity contribution in [3.63, 3.8) is 0 Å². The maximum Gasteiger partial charge on any atom is 1.00 e. The summed E-state index contributed by atoms with van der Waals surface area (Å²) in [5, 5.41) is 0. The predicted octanol–water partition coefficient (Wildman–Crippen LogP) is -0.116. The molecule has 1 rings (SSSR count). The van der Waals surface area contributed by atoms with Gasteiger partial charge in [-0.2, -0.15) is 0 Å². The van der Waals surface area contributed by atoms with Crippen LogP contribution in [-0.4, -0.2) is 6.98 Å². The first-order chi connectivity index (χ1) is 4.43. The molecule has 5 heteroatoms. The summed E-state index contributed by atoms with van der Waals surface area (Å²) in [5.41, 5.74) is 0. The van der Waals surface area contributed by atoms with Crippen molar-refractivity contribution in [2.45, 2.75) is 26.1 Å². The van der Waals surface area contributed by atoms with Gasteiger partial charge >= 0.3 is 58.4 Å². The van der Waals surface area contributed by atoms with Crippen molar-refractivity contribution in [1.82, 2.24) is 0 Å². The molecule has 1 saturated carbocycles. The third-order valence-corrected chi connectivity index (χ3v) is 2.23. The van der Waals surface area contributed by atoms with Crippen molar-refractivity contribution in [1.29, 1.82) is 0 Å². The van der Waals surface area contributed by atoms with Crippen LogP contribution < -0.4 is 51.4 Å². The molecule has 0 aromatic rings. The van der Waals surface area contributed by atoms with Gasteiger partial charge in [0.25, 0.3) is 0 Å². The Kier molecular flexibility index (Phi) is 4.69. The number of rotatable bonds is 2. The van der Waals surface area contributed by atoms with Crippen molar-refractivity contribution >= 4 is 6.98 Å². The molecule has 0 bridgehead atoms. The molecule has 0 aromatic heterocycles. The van der Waals surface area contributed by atoms with Gasteiger partial charge in [-0.25, -0.2) is 0 Å². The molecule has 0 aliphatic heterocycles. The predicted molar refractivity (Wildman–Crippen MR) is 35.8 cm³/mol. The van der Waals surface area contributed by atoms with E-state index in [0.717, 1.165) is 0 Å². The van der Waals surface area contributed by atoms with Crippen molar-refractivity contribution in [2.75, 3.05) is 0 Å². The quantitative estimate of drug-likeness (QED) is 0.532. The van der Waals surface area contributed by atoms with Crippen molar-refractivity contribution < 1.29 is 64.3 Å². The van der Waals surface area contributed by atoms with Gasteiger partial charge in [0, 0.05) is 0 Å². The van der Waals surface area contributed by atoms with Gasteiger partial charge in [0.15, 0.2) is 0 Å². The summed E-state index contributed by atoms with van der Waals surface area (Å²) in [6.07, 6.45) is 0.376. The Morgan fingerprint density at radius 3 is 1.82 bits per heavy atom. The minimum absolute atomic E-state index is 0. The first-order valence-electron chi connectivity index (χ1n) is 3.63. The Balaban J connectivity index is 0.000001000. The molecule has 0 aromatic carbocycles. The van der Waals surface area contributed by atoms with Gasteiger partial charge < -0.3 is 12.9 Å². The van der Waals surface area contributed by atoms with E-state index in [4.69, 9.17) is 0 Å².